The lowest BCUT2D eigenvalue weighted by atomic mass is 10.1. The molecule has 1 aromatic carbocycles. The van der Waals surface area contributed by atoms with Crippen LogP contribution in [-0.2, 0) is 24.3 Å². The van der Waals surface area contributed by atoms with E-state index in [1.807, 2.05) is 30.3 Å². The van der Waals surface area contributed by atoms with Gasteiger partial charge in [0.2, 0.25) is 5.82 Å². The maximum absolute atomic E-state index is 13.1. The third kappa shape index (κ3) is 5.06. The second-order valence-corrected chi connectivity index (χ2v) is 9.00. The van der Waals surface area contributed by atoms with Gasteiger partial charge in [0.1, 0.15) is 18.2 Å². The van der Waals surface area contributed by atoms with Crippen LogP contribution in [0.5, 0.6) is 0 Å². The molecule has 0 radical (unpaired) electrons. The second-order valence-electron chi connectivity index (χ2n) is 9.00. The Hall–Kier alpha value is -3.67. The quantitative estimate of drug-likeness (QED) is 0.541. The van der Waals surface area contributed by atoms with Crippen LogP contribution in [0.15, 0.2) is 42.7 Å². The monoisotopic (exact) mass is 484 g/mol. The van der Waals surface area contributed by atoms with Gasteiger partial charge in [0.25, 0.3) is 17.7 Å². The number of hydrogen-bond donors (Lipinski definition) is 1. The molecule has 0 unspecified atom stereocenters. The Morgan fingerprint density at radius 2 is 1.97 bits per heavy atom. The summed E-state index contributed by atoms with van der Waals surface area (Å²) in [6.45, 7) is 0.954. The summed E-state index contributed by atoms with van der Waals surface area (Å²) in [6, 6.07) is 10.7. The molecule has 1 atom stereocenters. The van der Waals surface area contributed by atoms with E-state index in [4.69, 9.17) is 0 Å². The molecule has 1 fully saturated rings. The van der Waals surface area contributed by atoms with E-state index in [-0.39, 0.29) is 24.8 Å². The summed E-state index contributed by atoms with van der Waals surface area (Å²) in [5.74, 6) is -2.77. The highest BCUT2D eigenvalue weighted by atomic mass is 19.3. The number of fused-ring (bicyclic) bond motifs is 1. The number of alkyl halides is 2. The van der Waals surface area contributed by atoms with E-state index in [1.165, 1.54) is 11.2 Å². The van der Waals surface area contributed by atoms with Crippen molar-refractivity contribution in [2.45, 2.75) is 37.9 Å². The first-order chi connectivity index (χ1) is 16.8. The maximum atomic E-state index is 13.1. The molecule has 0 saturated carbocycles. The summed E-state index contributed by atoms with van der Waals surface area (Å²) in [5.41, 5.74) is 1.77. The number of nitrogens with one attached hydrogen (secondary N) is 1. The molecule has 35 heavy (non-hydrogen) atoms. The number of benzene rings is 1. The Bertz CT molecular complexity index is 1220. The summed E-state index contributed by atoms with van der Waals surface area (Å²) >= 11 is 0. The zero-order chi connectivity index (χ0) is 24.6. The molecule has 4 heterocycles. The predicted octanol–water partition coefficient (Wildman–Crippen LogP) is 1.18. The van der Waals surface area contributed by atoms with Crippen molar-refractivity contribution in [1.29, 1.82) is 0 Å². The Labute approximate surface area is 200 Å². The zero-order valence-corrected chi connectivity index (χ0v) is 19.3. The van der Waals surface area contributed by atoms with E-state index in [0.29, 0.717) is 38.3 Å². The van der Waals surface area contributed by atoms with E-state index in [9.17, 15) is 18.4 Å². The van der Waals surface area contributed by atoms with E-state index in [1.54, 1.807) is 27.4 Å². The highest BCUT2D eigenvalue weighted by Gasteiger charge is 2.43. The summed E-state index contributed by atoms with van der Waals surface area (Å²) < 4.78 is 29.3. The van der Waals surface area contributed by atoms with Crippen LogP contribution < -0.4 is 10.2 Å². The van der Waals surface area contributed by atoms with Gasteiger partial charge in [-0.3, -0.25) is 19.4 Å². The lowest BCUT2D eigenvalue weighted by Gasteiger charge is -2.38. The van der Waals surface area contributed by atoms with Crippen molar-refractivity contribution in [3.63, 3.8) is 0 Å². The highest BCUT2D eigenvalue weighted by Crippen LogP contribution is 2.27. The number of likely N-dealkylation sites (tertiary alicyclic amines) is 1. The minimum absolute atomic E-state index is 0.00257. The molecule has 0 spiro atoms. The van der Waals surface area contributed by atoms with Gasteiger partial charge in [0, 0.05) is 32.6 Å². The number of rotatable bonds is 7. The van der Waals surface area contributed by atoms with Crippen LogP contribution in [0.3, 0.4) is 0 Å². The molecule has 5 rings (SSSR count). The van der Waals surface area contributed by atoms with Gasteiger partial charge in [0.05, 0.1) is 25.3 Å². The molecule has 2 aromatic heterocycles. The van der Waals surface area contributed by atoms with E-state index >= 15 is 0 Å². The number of carbonyl (C=O) groups excluding carboxylic acids is 2. The molecule has 3 aromatic rings. The van der Waals surface area contributed by atoms with Gasteiger partial charge >= 0.3 is 0 Å². The molecule has 2 amide bonds. The predicted molar refractivity (Wildman–Crippen MR) is 122 cm³/mol. The number of aryl methyl sites for hydroxylation is 1. The molecular weight excluding hydrogens is 458 g/mol. The average molecular weight is 485 g/mol. The SMILES string of the molecule is CN1C(=O)[C@H](NC(=O)c2ncn(Cc3ccccc3)n2)CCn2nc(CCN3CC(F)(F)C3)cc21. The van der Waals surface area contributed by atoms with Crippen LogP contribution in [-0.4, -0.2) is 79.9 Å². The zero-order valence-electron chi connectivity index (χ0n) is 19.3. The fourth-order valence-corrected chi connectivity index (χ4v) is 4.38. The largest absolute Gasteiger partial charge is 0.337 e. The summed E-state index contributed by atoms with van der Waals surface area (Å²) in [7, 11) is 1.63. The number of anilines is 1. The van der Waals surface area contributed by atoms with Gasteiger partial charge in [-0.2, -0.15) is 5.10 Å². The average Bonchev–Trinajstić information content (AvgIpc) is 3.43. The molecule has 1 N–H and O–H groups in total. The Morgan fingerprint density at radius 1 is 1.20 bits per heavy atom. The third-order valence-electron chi connectivity index (χ3n) is 6.24. The molecule has 10 nitrogen and oxygen atoms in total. The third-order valence-corrected chi connectivity index (χ3v) is 6.24. The van der Waals surface area contributed by atoms with Gasteiger partial charge in [-0.1, -0.05) is 30.3 Å². The lowest BCUT2D eigenvalue weighted by Crippen LogP contribution is -2.56. The van der Waals surface area contributed by atoms with Crippen molar-refractivity contribution in [3.05, 3.63) is 59.8 Å². The first-order valence-corrected chi connectivity index (χ1v) is 11.5. The van der Waals surface area contributed by atoms with Crippen molar-refractivity contribution in [2.24, 2.45) is 0 Å². The topological polar surface area (TPSA) is 101 Å². The number of nitrogens with zero attached hydrogens (tertiary/aromatic N) is 7. The van der Waals surface area contributed by atoms with Gasteiger partial charge in [0.15, 0.2) is 0 Å². The van der Waals surface area contributed by atoms with Gasteiger partial charge in [-0.25, -0.2) is 23.1 Å². The van der Waals surface area contributed by atoms with Crippen LogP contribution in [0.4, 0.5) is 14.6 Å². The maximum Gasteiger partial charge on any atom is 0.291 e. The first kappa shape index (κ1) is 23.1. The van der Waals surface area contributed by atoms with Crippen LogP contribution in [0.25, 0.3) is 0 Å². The lowest BCUT2D eigenvalue weighted by molar-refractivity contribution is -0.129. The van der Waals surface area contributed by atoms with Gasteiger partial charge < -0.3 is 5.32 Å². The first-order valence-electron chi connectivity index (χ1n) is 11.5. The minimum Gasteiger partial charge on any atom is -0.337 e. The molecule has 184 valence electrons. The van der Waals surface area contributed by atoms with Gasteiger partial charge in [-0.15, -0.1) is 5.10 Å². The Morgan fingerprint density at radius 3 is 2.71 bits per heavy atom. The fourth-order valence-electron chi connectivity index (χ4n) is 4.38. The number of hydrogen-bond acceptors (Lipinski definition) is 6. The summed E-state index contributed by atoms with van der Waals surface area (Å²) in [6.07, 6.45) is 2.36. The standard InChI is InChI=1S/C23H26F2N8O2/c1-30-19-11-17(7-9-31-13-23(24,25)14-31)28-33(19)10-8-18(22(30)35)27-21(34)20-26-15-32(29-20)12-16-5-3-2-4-6-16/h2-6,11,15,18H,7-10,12-14H2,1H3,(H,27,34)/t18-/m1/s1. The highest BCUT2D eigenvalue weighted by molar-refractivity contribution is 6.00. The summed E-state index contributed by atoms with van der Waals surface area (Å²) in [4.78, 5) is 33.0. The molecular formula is C23H26F2N8O2. The fraction of sp³-hybridized carbons (Fsp3) is 0.435. The van der Waals surface area contributed by atoms with E-state index in [2.05, 4.69) is 20.5 Å². The van der Waals surface area contributed by atoms with E-state index in [0.717, 1.165) is 11.3 Å². The van der Waals surface area contributed by atoms with Crippen LogP contribution in [0.2, 0.25) is 0 Å². The number of carbonyl (C=O) groups is 2. The molecule has 2 aliphatic rings. The van der Waals surface area contributed by atoms with E-state index < -0.39 is 17.9 Å². The van der Waals surface area contributed by atoms with Crippen molar-refractivity contribution >= 4 is 17.6 Å². The second kappa shape index (κ2) is 9.17. The molecule has 0 aliphatic carbocycles. The van der Waals surface area contributed by atoms with Crippen LogP contribution in [0, 0.1) is 0 Å². The van der Waals surface area contributed by atoms with Crippen LogP contribution >= 0.6 is 0 Å². The number of likely N-dealkylation sites (N-methyl/N-ethyl adjacent to an activating group) is 1. The van der Waals surface area contributed by atoms with Crippen molar-refractivity contribution in [3.8, 4) is 0 Å². The van der Waals surface area contributed by atoms with Crippen molar-refractivity contribution in [1.82, 2.24) is 34.8 Å². The Kier molecular flexibility index (Phi) is 6.05. The van der Waals surface area contributed by atoms with Gasteiger partial charge in [-0.05, 0) is 12.0 Å². The van der Waals surface area contributed by atoms with Crippen LogP contribution in [0.1, 0.15) is 28.3 Å². The summed E-state index contributed by atoms with van der Waals surface area (Å²) in [5, 5.41) is 11.5. The van der Waals surface area contributed by atoms with Crippen molar-refractivity contribution in [2.75, 3.05) is 31.6 Å². The number of halogens is 2. The molecule has 12 heteroatoms. The normalized spacial score (nSPS) is 19.7. The number of amides is 2. The molecule has 0 bridgehead atoms. The molecule has 2 aliphatic heterocycles. The minimum atomic E-state index is -2.59. The molecule has 1 saturated heterocycles. The smallest absolute Gasteiger partial charge is 0.291 e. The Balaban J connectivity index is 1.18. The van der Waals surface area contributed by atoms with Crippen molar-refractivity contribution < 1.29 is 18.4 Å². The number of aromatic nitrogens is 5.